The molecular weight excluding hydrogens is 313 g/mol. The number of nitrogens with zero attached hydrogens (tertiary/aromatic N) is 1. The van der Waals surface area contributed by atoms with E-state index in [0.717, 1.165) is 12.1 Å². The average molecular weight is 324 g/mol. The Kier molecular flexibility index (Phi) is 4.01. The van der Waals surface area contributed by atoms with Crippen molar-refractivity contribution in [2.24, 2.45) is 0 Å². The molecule has 2 N–H and O–H groups in total. The normalized spacial score (nSPS) is 23.9. The summed E-state index contributed by atoms with van der Waals surface area (Å²) in [7, 11) is -4.35. The molecule has 0 radical (unpaired) electrons. The Bertz CT molecular complexity index is 650. The summed E-state index contributed by atoms with van der Waals surface area (Å²) in [6.07, 6.45) is -1.33. The molecule has 1 saturated heterocycles. The van der Waals surface area contributed by atoms with Gasteiger partial charge >= 0.3 is 5.97 Å². The standard InChI is InChI=1S/C11H11ClFNO5S/c12-6-1-2-10(8(13)3-6)20(18,19)14-5-7(15)4-9(14)11(16)17/h1-3,7,9,15H,4-5H2,(H,16,17)/t7-,9-/m0/s1. The summed E-state index contributed by atoms with van der Waals surface area (Å²) in [5.74, 6) is -2.46. The molecule has 110 valence electrons. The third kappa shape index (κ3) is 2.64. The highest BCUT2D eigenvalue weighted by molar-refractivity contribution is 7.89. The zero-order valence-corrected chi connectivity index (χ0v) is 11.6. The predicted molar refractivity (Wildman–Crippen MR) is 67.3 cm³/mol. The Balaban J connectivity index is 2.46. The molecule has 1 aromatic rings. The van der Waals surface area contributed by atoms with Crippen LogP contribution in [0, 0.1) is 5.82 Å². The monoisotopic (exact) mass is 323 g/mol. The lowest BCUT2D eigenvalue weighted by atomic mass is 10.2. The van der Waals surface area contributed by atoms with Crippen molar-refractivity contribution in [2.75, 3.05) is 6.54 Å². The first-order valence-corrected chi connectivity index (χ1v) is 7.43. The van der Waals surface area contributed by atoms with Crippen molar-refractivity contribution in [3.05, 3.63) is 29.0 Å². The number of benzene rings is 1. The van der Waals surface area contributed by atoms with Crippen molar-refractivity contribution in [3.63, 3.8) is 0 Å². The van der Waals surface area contributed by atoms with E-state index in [1.807, 2.05) is 0 Å². The molecule has 0 aromatic heterocycles. The zero-order valence-electron chi connectivity index (χ0n) is 10.0. The fourth-order valence-corrected chi connectivity index (χ4v) is 3.92. The molecule has 1 aromatic carbocycles. The van der Waals surface area contributed by atoms with Gasteiger partial charge in [-0.25, -0.2) is 12.8 Å². The number of hydrogen-bond acceptors (Lipinski definition) is 4. The number of aliphatic carboxylic acids is 1. The molecule has 2 atom stereocenters. The Morgan fingerprint density at radius 2 is 2.10 bits per heavy atom. The van der Waals surface area contributed by atoms with Crippen LogP contribution in [0.1, 0.15) is 6.42 Å². The van der Waals surface area contributed by atoms with Gasteiger partial charge in [-0.3, -0.25) is 4.79 Å². The lowest BCUT2D eigenvalue weighted by Gasteiger charge is -2.20. The molecule has 1 fully saturated rings. The highest BCUT2D eigenvalue weighted by atomic mass is 35.5. The molecule has 0 amide bonds. The van der Waals surface area contributed by atoms with E-state index >= 15 is 0 Å². The van der Waals surface area contributed by atoms with Gasteiger partial charge in [0.15, 0.2) is 0 Å². The molecule has 0 spiro atoms. The van der Waals surface area contributed by atoms with Crippen molar-refractivity contribution in [2.45, 2.75) is 23.5 Å². The number of carboxylic acids is 1. The van der Waals surface area contributed by atoms with Gasteiger partial charge in [0.1, 0.15) is 16.8 Å². The number of β-amino-alcohol motifs (C(OH)–C–C–N with tert-alkyl or cyclic N) is 1. The van der Waals surface area contributed by atoms with E-state index in [1.165, 1.54) is 6.07 Å². The van der Waals surface area contributed by atoms with Crippen LogP contribution >= 0.6 is 11.6 Å². The molecule has 20 heavy (non-hydrogen) atoms. The predicted octanol–water partition coefficient (Wildman–Crippen LogP) is 0.688. The second-order valence-corrected chi connectivity index (χ2v) is 6.69. The molecule has 0 saturated carbocycles. The van der Waals surface area contributed by atoms with Crippen LogP contribution in [0.4, 0.5) is 4.39 Å². The second kappa shape index (κ2) is 5.28. The van der Waals surface area contributed by atoms with Crippen molar-refractivity contribution in [1.82, 2.24) is 4.31 Å². The minimum Gasteiger partial charge on any atom is -0.480 e. The Morgan fingerprint density at radius 3 is 2.65 bits per heavy atom. The van der Waals surface area contributed by atoms with E-state index in [1.54, 1.807) is 0 Å². The van der Waals surface area contributed by atoms with E-state index in [4.69, 9.17) is 16.7 Å². The van der Waals surface area contributed by atoms with Gasteiger partial charge in [0.25, 0.3) is 0 Å². The van der Waals surface area contributed by atoms with Crippen LogP contribution in [0.2, 0.25) is 5.02 Å². The summed E-state index contributed by atoms with van der Waals surface area (Å²) in [6.45, 7) is -0.388. The van der Waals surface area contributed by atoms with Gasteiger partial charge in [0.2, 0.25) is 10.0 Å². The Morgan fingerprint density at radius 1 is 1.45 bits per heavy atom. The van der Waals surface area contributed by atoms with E-state index in [2.05, 4.69) is 0 Å². The number of halogens is 2. The third-order valence-corrected chi connectivity index (χ3v) is 5.14. The van der Waals surface area contributed by atoms with E-state index in [9.17, 15) is 22.7 Å². The molecule has 1 aliphatic rings. The van der Waals surface area contributed by atoms with Gasteiger partial charge in [-0.05, 0) is 18.2 Å². The van der Waals surface area contributed by atoms with Crippen molar-refractivity contribution in [1.29, 1.82) is 0 Å². The number of sulfonamides is 1. The van der Waals surface area contributed by atoms with E-state index in [-0.39, 0.29) is 18.0 Å². The maximum Gasteiger partial charge on any atom is 0.322 e. The van der Waals surface area contributed by atoms with Crippen molar-refractivity contribution >= 4 is 27.6 Å². The number of rotatable bonds is 3. The molecule has 0 unspecified atom stereocenters. The Labute approximate surface area is 119 Å². The van der Waals surface area contributed by atoms with Gasteiger partial charge in [-0.1, -0.05) is 11.6 Å². The first-order valence-electron chi connectivity index (χ1n) is 5.61. The largest absolute Gasteiger partial charge is 0.480 e. The van der Waals surface area contributed by atoms with Gasteiger partial charge < -0.3 is 10.2 Å². The van der Waals surface area contributed by atoms with Crippen LogP contribution < -0.4 is 0 Å². The molecule has 9 heteroatoms. The van der Waals surface area contributed by atoms with Crippen LogP contribution in [-0.4, -0.2) is 47.6 Å². The third-order valence-electron chi connectivity index (χ3n) is 3.00. The lowest BCUT2D eigenvalue weighted by molar-refractivity contribution is -0.140. The average Bonchev–Trinajstić information content (AvgIpc) is 2.71. The van der Waals surface area contributed by atoms with Gasteiger partial charge in [0, 0.05) is 18.0 Å². The maximum absolute atomic E-state index is 13.7. The number of carboxylic acid groups (broad SMARTS) is 1. The second-order valence-electron chi connectivity index (χ2n) is 4.39. The topological polar surface area (TPSA) is 94.9 Å². The number of carbonyl (C=O) groups is 1. The highest BCUT2D eigenvalue weighted by Gasteiger charge is 2.44. The van der Waals surface area contributed by atoms with Crippen LogP contribution in [0.5, 0.6) is 0 Å². The Hall–Kier alpha value is -1.22. The lowest BCUT2D eigenvalue weighted by Crippen LogP contribution is -2.40. The molecule has 0 aliphatic carbocycles. The summed E-state index contributed by atoms with van der Waals surface area (Å²) in [5, 5.41) is 18.5. The van der Waals surface area contributed by atoms with Crippen molar-refractivity contribution < 1.29 is 27.8 Å². The van der Waals surface area contributed by atoms with E-state index < -0.39 is 38.9 Å². The van der Waals surface area contributed by atoms with Crippen LogP contribution in [0.15, 0.2) is 23.1 Å². The molecule has 1 aliphatic heterocycles. The fourth-order valence-electron chi connectivity index (χ4n) is 2.09. The first-order chi connectivity index (χ1) is 9.23. The molecule has 2 rings (SSSR count). The SMILES string of the molecule is O=C(O)[C@@H]1C[C@H](O)CN1S(=O)(=O)c1ccc(Cl)cc1F. The molecular formula is C11H11ClFNO5S. The zero-order chi connectivity index (χ0) is 15.1. The molecule has 0 bridgehead atoms. The van der Waals surface area contributed by atoms with Crippen molar-refractivity contribution in [3.8, 4) is 0 Å². The number of aliphatic hydroxyl groups excluding tert-OH is 1. The minimum atomic E-state index is -4.35. The van der Waals surface area contributed by atoms with E-state index in [0.29, 0.717) is 4.31 Å². The first kappa shape index (κ1) is 15.2. The number of hydrogen-bond donors (Lipinski definition) is 2. The smallest absolute Gasteiger partial charge is 0.322 e. The summed E-state index contributed by atoms with van der Waals surface area (Å²) in [5.41, 5.74) is 0. The van der Waals surface area contributed by atoms with Crippen LogP contribution in [0.25, 0.3) is 0 Å². The number of aliphatic hydroxyl groups is 1. The van der Waals surface area contributed by atoms with Gasteiger partial charge in [-0.15, -0.1) is 0 Å². The molecule has 6 nitrogen and oxygen atoms in total. The highest BCUT2D eigenvalue weighted by Crippen LogP contribution is 2.29. The van der Waals surface area contributed by atoms with Gasteiger partial charge in [0.05, 0.1) is 6.10 Å². The van der Waals surface area contributed by atoms with Crippen LogP contribution in [-0.2, 0) is 14.8 Å². The van der Waals surface area contributed by atoms with Gasteiger partial charge in [-0.2, -0.15) is 4.31 Å². The molecule has 1 heterocycles. The summed E-state index contributed by atoms with van der Waals surface area (Å²) >= 11 is 5.55. The summed E-state index contributed by atoms with van der Waals surface area (Å²) in [4.78, 5) is 10.4. The summed E-state index contributed by atoms with van der Waals surface area (Å²) < 4.78 is 38.9. The fraction of sp³-hybridized carbons (Fsp3) is 0.364. The summed E-state index contributed by atoms with van der Waals surface area (Å²) in [6, 6.07) is 1.58. The van der Waals surface area contributed by atoms with Crippen LogP contribution in [0.3, 0.4) is 0 Å². The quantitative estimate of drug-likeness (QED) is 0.853. The minimum absolute atomic E-state index is 0.0256. The maximum atomic E-state index is 13.7.